The van der Waals surface area contributed by atoms with Gasteiger partial charge in [-0.3, -0.25) is 0 Å². The standard InChI is InChI=1S/C14H17NO/c1-4-14-13(8-10(2)15(14)3)11-6-5-7-12(16)9-11/h5-9,16H,4H2,1-3H3. The molecule has 0 aliphatic rings. The van der Waals surface area contributed by atoms with Crippen LogP contribution in [0.2, 0.25) is 0 Å². The Kier molecular flexibility index (Phi) is 2.73. The van der Waals surface area contributed by atoms with Crippen molar-refractivity contribution in [2.24, 2.45) is 7.05 Å². The van der Waals surface area contributed by atoms with Crippen molar-refractivity contribution in [3.8, 4) is 16.9 Å². The fraction of sp³-hybridized carbons (Fsp3) is 0.286. The number of aromatic hydroxyl groups is 1. The van der Waals surface area contributed by atoms with E-state index in [2.05, 4.69) is 31.5 Å². The van der Waals surface area contributed by atoms with Crippen LogP contribution in [-0.2, 0) is 13.5 Å². The molecule has 84 valence electrons. The molecule has 0 aliphatic carbocycles. The van der Waals surface area contributed by atoms with Crippen molar-refractivity contribution in [3.05, 3.63) is 41.7 Å². The second-order valence-corrected chi connectivity index (χ2v) is 4.11. The first-order chi connectivity index (χ1) is 7.63. The molecule has 16 heavy (non-hydrogen) atoms. The summed E-state index contributed by atoms with van der Waals surface area (Å²) in [4.78, 5) is 0. The van der Waals surface area contributed by atoms with Gasteiger partial charge >= 0.3 is 0 Å². The molecule has 0 saturated carbocycles. The van der Waals surface area contributed by atoms with E-state index >= 15 is 0 Å². The molecule has 2 aromatic rings. The molecule has 2 rings (SSSR count). The van der Waals surface area contributed by atoms with E-state index in [0.717, 1.165) is 12.0 Å². The maximum atomic E-state index is 9.51. The predicted molar refractivity (Wildman–Crippen MR) is 66.6 cm³/mol. The number of hydrogen-bond acceptors (Lipinski definition) is 1. The van der Waals surface area contributed by atoms with Gasteiger partial charge in [-0.25, -0.2) is 0 Å². The zero-order valence-corrected chi connectivity index (χ0v) is 9.99. The van der Waals surface area contributed by atoms with Gasteiger partial charge in [0, 0.05) is 24.0 Å². The van der Waals surface area contributed by atoms with Crippen molar-refractivity contribution in [2.75, 3.05) is 0 Å². The van der Waals surface area contributed by atoms with E-state index in [9.17, 15) is 5.11 Å². The van der Waals surface area contributed by atoms with Gasteiger partial charge in [-0.2, -0.15) is 0 Å². The number of phenols is 1. The van der Waals surface area contributed by atoms with Gasteiger partial charge in [0.2, 0.25) is 0 Å². The number of benzene rings is 1. The van der Waals surface area contributed by atoms with Crippen molar-refractivity contribution in [2.45, 2.75) is 20.3 Å². The smallest absolute Gasteiger partial charge is 0.116 e. The van der Waals surface area contributed by atoms with E-state index in [0.29, 0.717) is 5.75 Å². The Hall–Kier alpha value is -1.70. The number of rotatable bonds is 2. The third kappa shape index (κ3) is 1.71. The number of aryl methyl sites for hydroxylation is 1. The van der Waals surface area contributed by atoms with Gasteiger partial charge < -0.3 is 9.67 Å². The molecule has 0 bridgehead atoms. The molecule has 0 unspecified atom stereocenters. The van der Waals surface area contributed by atoms with Crippen molar-refractivity contribution in [1.29, 1.82) is 0 Å². The molecule has 2 heteroatoms. The lowest BCUT2D eigenvalue weighted by molar-refractivity contribution is 0.475. The molecule has 1 N–H and O–H groups in total. The quantitative estimate of drug-likeness (QED) is 0.817. The first-order valence-electron chi connectivity index (χ1n) is 5.58. The topological polar surface area (TPSA) is 25.2 Å². The molecule has 0 amide bonds. The second kappa shape index (κ2) is 4.05. The van der Waals surface area contributed by atoms with Crippen LogP contribution in [0.3, 0.4) is 0 Å². The molecule has 0 spiro atoms. The summed E-state index contributed by atoms with van der Waals surface area (Å²) in [6, 6.07) is 9.60. The van der Waals surface area contributed by atoms with Gasteiger partial charge in [0.05, 0.1) is 0 Å². The van der Waals surface area contributed by atoms with Crippen LogP contribution in [0.5, 0.6) is 5.75 Å². The maximum absolute atomic E-state index is 9.51. The van der Waals surface area contributed by atoms with Crippen LogP contribution in [0, 0.1) is 6.92 Å². The Labute approximate surface area is 96.2 Å². The lowest BCUT2D eigenvalue weighted by Gasteiger charge is -2.06. The van der Waals surface area contributed by atoms with Gasteiger partial charge in [0.15, 0.2) is 0 Å². The average Bonchev–Trinajstić information content (AvgIpc) is 2.55. The summed E-state index contributed by atoms with van der Waals surface area (Å²) in [5.41, 5.74) is 4.86. The van der Waals surface area contributed by atoms with Gasteiger partial charge in [-0.1, -0.05) is 19.1 Å². The highest BCUT2D eigenvalue weighted by atomic mass is 16.3. The number of nitrogens with zero attached hydrogens (tertiary/aromatic N) is 1. The lowest BCUT2D eigenvalue weighted by atomic mass is 10.0. The summed E-state index contributed by atoms with van der Waals surface area (Å²) in [6.45, 7) is 4.26. The summed E-state index contributed by atoms with van der Waals surface area (Å²) < 4.78 is 2.21. The van der Waals surface area contributed by atoms with E-state index in [1.807, 2.05) is 18.2 Å². The van der Waals surface area contributed by atoms with Gasteiger partial charge in [0.25, 0.3) is 0 Å². The van der Waals surface area contributed by atoms with Crippen LogP contribution in [0.25, 0.3) is 11.1 Å². The summed E-state index contributed by atoms with van der Waals surface area (Å²) in [5.74, 6) is 0.320. The van der Waals surface area contributed by atoms with Crippen LogP contribution in [0.4, 0.5) is 0 Å². The van der Waals surface area contributed by atoms with E-state index < -0.39 is 0 Å². The monoisotopic (exact) mass is 215 g/mol. The van der Waals surface area contributed by atoms with Crippen molar-refractivity contribution < 1.29 is 5.11 Å². The van der Waals surface area contributed by atoms with E-state index in [1.165, 1.54) is 17.0 Å². The fourth-order valence-corrected chi connectivity index (χ4v) is 2.13. The summed E-state index contributed by atoms with van der Waals surface area (Å²) in [5, 5.41) is 9.51. The zero-order valence-electron chi connectivity index (χ0n) is 9.99. The minimum absolute atomic E-state index is 0.320. The molecular formula is C14H17NO. The van der Waals surface area contributed by atoms with Gasteiger partial charge in [-0.05, 0) is 37.1 Å². The fourth-order valence-electron chi connectivity index (χ4n) is 2.13. The Morgan fingerprint density at radius 3 is 2.62 bits per heavy atom. The maximum Gasteiger partial charge on any atom is 0.116 e. The third-order valence-electron chi connectivity index (χ3n) is 3.09. The first-order valence-corrected chi connectivity index (χ1v) is 5.58. The number of hydrogen-bond donors (Lipinski definition) is 1. The van der Waals surface area contributed by atoms with Crippen molar-refractivity contribution >= 4 is 0 Å². The molecule has 0 fully saturated rings. The molecule has 2 nitrogen and oxygen atoms in total. The first kappa shape index (κ1) is 10.8. The highest BCUT2D eigenvalue weighted by Gasteiger charge is 2.10. The van der Waals surface area contributed by atoms with Gasteiger partial charge in [0.1, 0.15) is 5.75 Å². The minimum Gasteiger partial charge on any atom is -0.508 e. The van der Waals surface area contributed by atoms with E-state index in [1.54, 1.807) is 6.07 Å². The van der Waals surface area contributed by atoms with Gasteiger partial charge in [-0.15, -0.1) is 0 Å². The average molecular weight is 215 g/mol. The number of aromatic nitrogens is 1. The van der Waals surface area contributed by atoms with Crippen LogP contribution < -0.4 is 0 Å². The Balaban J connectivity index is 2.60. The molecule has 0 atom stereocenters. The normalized spacial score (nSPS) is 10.7. The zero-order chi connectivity index (χ0) is 11.7. The minimum atomic E-state index is 0.320. The van der Waals surface area contributed by atoms with Crippen LogP contribution in [-0.4, -0.2) is 9.67 Å². The highest BCUT2D eigenvalue weighted by molar-refractivity contribution is 5.68. The summed E-state index contributed by atoms with van der Waals surface area (Å²) in [7, 11) is 2.08. The summed E-state index contributed by atoms with van der Waals surface area (Å²) in [6.07, 6.45) is 0.995. The van der Waals surface area contributed by atoms with Crippen molar-refractivity contribution in [1.82, 2.24) is 4.57 Å². The molecule has 1 aromatic carbocycles. The molecule has 0 aliphatic heterocycles. The third-order valence-corrected chi connectivity index (χ3v) is 3.09. The van der Waals surface area contributed by atoms with Crippen LogP contribution >= 0.6 is 0 Å². The second-order valence-electron chi connectivity index (χ2n) is 4.11. The summed E-state index contributed by atoms with van der Waals surface area (Å²) >= 11 is 0. The Bertz CT molecular complexity index is 511. The molecule has 1 aromatic heterocycles. The SMILES string of the molecule is CCc1c(-c2cccc(O)c2)cc(C)n1C. The lowest BCUT2D eigenvalue weighted by Crippen LogP contribution is -1.97. The molecule has 0 radical (unpaired) electrons. The predicted octanol–water partition coefficient (Wildman–Crippen LogP) is 3.27. The Morgan fingerprint density at radius 2 is 2.00 bits per heavy atom. The Morgan fingerprint density at radius 1 is 1.25 bits per heavy atom. The number of phenolic OH excluding ortho intramolecular Hbond substituents is 1. The molecule has 0 saturated heterocycles. The highest BCUT2D eigenvalue weighted by Crippen LogP contribution is 2.29. The van der Waals surface area contributed by atoms with Crippen molar-refractivity contribution in [3.63, 3.8) is 0 Å². The van der Waals surface area contributed by atoms with Crippen LogP contribution in [0.1, 0.15) is 18.3 Å². The van der Waals surface area contributed by atoms with E-state index in [4.69, 9.17) is 0 Å². The van der Waals surface area contributed by atoms with Crippen LogP contribution in [0.15, 0.2) is 30.3 Å². The molecular weight excluding hydrogens is 198 g/mol. The molecule has 1 heterocycles. The van der Waals surface area contributed by atoms with E-state index in [-0.39, 0.29) is 0 Å². The largest absolute Gasteiger partial charge is 0.508 e.